The van der Waals surface area contributed by atoms with E-state index in [1.807, 2.05) is 0 Å². The van der Waals surface area contributed by atoms with Crippen LogP contribution in [0.2, 0.25) is 0 Å². The van der Waals surface area contributed by atoms with Crippen LogP contribution in [0.5, 0.6) is 0 Å². The van der Waals surface area contributed by atoms with Gasteiger partial charge in [-0.3, -0.25) is 0 Å². The Balaban J connectivity index is 0.00000264. The van der Waals surface area contributed by atoms with Crippen molar-refractivity contribution in [3.63, 3.8) is 0 Å². The summed E-state index contributed by atoms with van der Waals surface area (Å²) in [6.45, 7) is 8.95. The number of hydrogen-bond donors (Lipinski definition) is 0. The Kier molecular flexibility index (Phi) is 9.19. The number of hydrogen-bond acceptors (Lipinski definition) is 0. The van der Waals surface area contributed by atoms with Crippen LogP contribution in [0.4, 0.5) is 0 Å². The molecule has 0 aliphatic rings. The standard InChI is InChI=1S/C20H27NP.Li/c1-16(2)20(21-17(3)4)15-22(18-11-7-5-8-12-18)19-13-9-6-10-14-19;/h5-14,16-17,20H,15H2,1-4H3;/q-1;+1/t20-;/m1./s1. The van der Waals surface area contributed by atoms with Gasteiger partial charge in [0.1, 0.15) is 0 Å². The van der Waals surface area contributed by atoms with Crippen LogP contribution < -0.4 is 29.5 Å². The Morgan fingerprint density at radius 3 is 1.57 bits per heavy atom. The van der Waals surface area contributed by atoms with Crippen molar-refractivity contribution in [1.82, 2.24) is 0 Å². The molecule has 0 unspecified atom stereocenters. The second-order valence-electron chi connectivity index (χ2n) is 6.34. The van der Waals surface area contributed by atoms with E-state index in [0.717, 1.165) is 6.16 Å². The average molecular weight is 319 g/mol. The predicted molar refractivity (Wildman–Crippen MR) is 101 cm³/mol. The third-order valence-electron chi connectivity index (χ3n) is 3.76. The van der Waals surface area contributed by atoms with Crippen LogP contribution in [0.15, 0.2) is 60.7 Å². The fraction of sp³-hybridized carbons (Fsp3) is 0.400. The van der Waals surface area contributed by atoms with Gasteiger partial charge in [-0.25, -0.2) is 0 Å². The maximum atomic E-state index is 4.98. The molecule has 2 aromatic rings. The molecule has 0 fully saturated rings. The van der Waals surface area contributed by atoms with Crippen LogP contribution in [0.25, 0.3) is 5.32 Å². The van der Waals surface area contributed by atoms with E-state index in [-0.39, 0.29) is 26.8 Å². The molecule has 0 saturated carbocycles. The average Bonchev–Trinajstić information content (AvgIpc) is 2.52. The van der Waals surface area contributed by atoms with Gasteiger partial charge in [0, 0.05) is 0 Å². The summed E-state index contributed by atoms with van der Waals surface area (Å²) in [4.78, 5) is 0. The molecule has 0 aliphatic carbocycles. The second-order valence-corrected chi connectivity index (χ2v) is 8.59. The van der Waals surface area contributed by atoms with Gasteiger partial charge in [0.15, 0.2) is 0 Å². The minimum absolute atomic E-state index is 0. The smallest absolute Gasteiger partial charge is 0.657 e. The summed E-state index contributed by atoms with van der Waals surface area (Å²) < 4.78 is 0. The van der Waals surface area contributed by atoms with Gasteiger partial charge in [-0.15, -0.1) is 12.1 Å². The maximum absolute atomic E-state index is 4.98. The molecule has 2 rings (SSSR count). The topological polar surface area (TPSA) is 14.1 Å². The van der Waals surface area contributed by atoms with Crippen LogP contribution in [0.1, 0.15) is 27.7 Å². The van der Waals surface area contributed by atoms with E-state index >= 15 is 0 Å². The van der Waals surface area contributed by atoms with Crippen molar-refractivity contribution >= 4 is 18.5 Å². The Morgan fingerprint density at radius 1 is 0.783 bits per heavy atom. The molecule has 0 amide bonds. The Bertz CT molecular complexity index is 503. The van der Waals surface area contributed by atoms with Crippen molar-refractivity contribution in [2.45, 2.75) is 39.8 Å². The molecule has 0 spiro atoms. The Labute approximate surface area is 155 Å². The maximum Gasteiger partial charge on any atom is 1.00 e. The molecule has 0 aliphatic heterocycles. The Hall–Kier alpha value is -0.573. The molecule has 23 heavy (non-hydrogen) atoms. The van der Waals surface area contributed by atoms with E-state index in [9.17, 15) is 0 Å². The Morgan fingerprint density at radius 2 is 1.22 bits per heavy atom. The van der Waals surface area contributed by atoms with E-state index < -0.39 is 0 Å². The normalized spacial score (nSPS) is 12.5. The predicted octanol–water partition coefficient (Wildman–Crippen LogP) is 1.93. The van der Waals surface area contributed by atoms with Crippen LogP contribution in [-0.4, -0.2) is 18.2 Å². The summed E-state index contributed by atoms with van der Waals surface area (Å²) in [5.74, 6) is 0.583. The number of rotatable bonds is 7. The fourth-order valence-electron chi connectivity index (χ4n) is 2.58. The molecule has 2 aromatic carbocycles. The molecule has 0 radical (unpaired) electrons. The monoisotopic (exact) mass is 319 g/mol. The molecular weight excluding hydrogens is 292 g/mol. The van der Waals surface area contributed by atoms with Gasteiger partial charge in [0.25, 0.3) is 0 Å². The van der Waals surface area contributed by atoms with Gasteiger partial charge >= 0.3 is 18.9 Å². The van der Waals surface area contributed by atoms with Crippen LogP contribution in [-0.2, 0) is 0 Å². The molecule has 118 valence electrons. The fourth-order valence-corrected chi connectivity index (χ4v) is 5.25. The molecule has 0 bridgehead atoms. The third kappa shape index (κ3) is 6.44. The molecule has 0 saturated heterocycles. The summed E-state index contributed by atoms with van der Waals surface area (Å²) in [7, 11) is -0.347. The minimum atomic E-state index is -0.347. The first kappa shape index (κ1) is 20.5. The van der Waals surface area contributed by atoms with Crippen LogP contribution in [0, 0.1) is 5.92 Å². The van der Waals surface area contributed by atoms with Crippen molar-refractivity contribution in [1.29, 1.82) is 0 Å². The van der Waals surface area contributed by atoms with Gasteiger partial charge < -0.3 is 5.32 Å². The van der Waals surface area contributed by atoms with Gasteiger partial charge in [-0.1, -0.05) is 94.3 Å². The van der Waals surface area contributed by atoms with Crippen LogP contribution >= 0.6 is 7.92 Å². The number of nitrogens with zero attached hydrogens (tertiary/aromatic N) is 1. The van der Waals surface area contributed by atoms with Crippen LogP contribution in [0.3, 0.4) is 0 Å². The molecule has 0 N–H and O–H groups in total. The van der Waals surface area contributed by atoms with Crippen molar-refractivity contribution in [2.75, 3.05) is 6.16 Å². The molecule has 1 atom stereocenters. The van der Waals surface area contributed by atoms with Crippen molar-refractivity contribution in [3.8, 4) is 0 Å². The van der Waals surface area contributed by atoms with E-state index in [2.05, 4.69) is 88.4 Å². The zero-order chi connectivity index (χ0) is 15.9. The summed E-state index contributed by atoms with van der Waals surface area (Å²) >= 11 is 0. The van der Waals surface area contributed by atoms with E-state index in [4.69, 9.17) is 5.32 Å². The van der Waals surface area contributed by atoms with E-state index in [1.165, 1.54) is 10.6 Å². The molecule has 3 heteroatoms. The third-order valence-corrected chi connectivity index (χ3v) is 6.35. The van der Waals surface area contributed by atoms with Gasteiger partial charge in [-0.05, 0) is 24.7 Å². The first-order valence-electron chi connectivity index (χ1n) is 8.15. The summed E-state index contributed by atoms with van der Waals surface area (Å²) in [5.41, 5.74) is 0. The largest absolute Gasteiger partial charge is 1.00 e. The van der Waals surface area contributed by atoms with Gasteiger partial charge in [-0.2, -0.15) is 0 Å². The molecule has 0 heterocycles. The van der Waals surface area contributed by atoms with Gasteiger partial charge in [0.05, 0.1) is 0 Å². The number of benzene rings is 2. The van der Waals surface area contributed by atoms with Crippen molar-refractivity contribution in [3.05, 3.63) is 66.0 Å². The van der Waals surface area contributed by atoms with Crippen molar-refractivity contribution < 1.29 is 18.9 Å². The molecule has 0 aromatic heterocycles. The zero-order valence-electron chi connectivity index (χ0n) is 15.1. The van der Waals surface area contributed by atoms with Crippen molar-refractivity contribution in [2.24, 2.45) is 5.92 Å². The molecular formula is C20H27LiNP. The minimum Gasteiger partial charge on any atom is -0.657 e. The second kappa shape index (κ2) is 10.3. The molecule has 1 nitrogen and oxygen atoms in total. The van der Waals surface area contributed by atoms with E-state index in [0.29, 0.717) is 18.0 Å². The quantitative estimate of drug-likeness (QED) is 0.547. The first-order valence-corrected chi connectivity index (χ1v) is 9.68. The SMILES string of the molecule is CC(C)[N-][C@H](CP(c1ccccc1)c1ccccc1)C(C)C.[Li+]. The first-order chi connectivity index (χ1) is 10.6. The van der Waals surface area contributed by atoms with E-state index in [1.54, 1.807) is 0 Å². The van der Waals surface area contributed by atoms with Gasteiger partial charge in [0.2, 0.25) is 0 Å². The zero-order valence-corrected chi connectivity index (χ0v) is 16.0. The summed E-state index contributed by atoms with van der Waals surface area (Å²) in [5, 5.41) is 7.89. The summed E-state index contributed by atoms with van der Waals surface area (Å²) in [6.07, 6.45) is 1.14. The summed E-state index contributed by atoms with van der Waals surface area (Å²) in [6, 6.07) is 22.7.